The molecule has 2 aromatic heterocycles. The normalized spacial score (nSPS) is 13.6. The van der Waals surface area contributed by atoms with E-state index in [1.54, 1.807) is 8.61 Å². The smallest absolute Gasteiger partial charge is 0.276 e. The number of unbranched alkanes of at least 4 members (excludes halogenated alkanes) is 4. The van der Waals surface area contributed by atoms with Gasteiger partial charge in [-0.05, 0) is 136 Å². The highest BCUT2D eigenvalue weighted by atomic mass is 32.2. The second-order valence-electron chi connectivity index (χ2n) is 22.1. The quantitative estimate of drug-likeness (QED) is 0.0368. The van der Waals surface area contributed by atoms with Gasteiger partial charge in [0.1, 0.15) is 23.3 Å². The minimum Gasteiger partial charge on any atom is -0.493 e. The Balaban J connectivity index is 1.46. The van der Waals surface area contributed by atoms with E-state index in [-0.39, 0.29) is 89.8 Å². The van der Waals surface area contributed by atoms with Gasteiger partial charge in [-0.1, -0.05) is 132 Å². The van der Waals surface area contributed by atoms with Crippen LogP contribution >= 0.6 is 0 Å². The molecule has 84 heavy (non-hydrogen) atoms. The number of sulfonamides is 2. The van der Waals surface area contributed by atoms with Crippen molar-refractivity contribution in [3.05, 3.63) is 116 Å². The van der Waals surface area contributed by atoms with Gasteiger partial charge in [0.2, 0.25) is 31.8 Å². The van der Waals surface area contributed by atoms with Gasteiger partial charge in [0, 0.05) is 37.3 Å². The Labute approximate surface area is 498 Å². The van der Waals surface area contributed by atoms with Crippen LogP contribution in [0.5, 0.6) is 11.8 Å². The van der Waals surface area contributed by atoms with Crippen LogP contribution in [-0.4, -0.2) is 71.0 Å². The lowest BCUT2D eigenvalue weighted by Gasteiger charge is -2.30. The van der Waals surface area contributed by atoms with Crippen molar-refractivity contribution < 1.29 is 27.0 Å². The van der Waals surface area contributed by atoms with Crippen molar-refractivity contribution in [3.8, 4) is 35.3 Å². The third-order valence-corrected chi connectivity index (χ3v) is 19.9. The van der Waals surface area contributed by atoms with Crippen LogP contribution in [0.2, 0.25) is 0 Å². The lowest BCUT2D eigenvalue weighted by molar-refractivity contribution is 0.270. The van der Waals surface area contributed by atoms with E-state index in [4.69, 9.17) is 0 Å². The number of hydrogen-bond acceptors (Lipinski definition) is 14. The van der Waals surface area contributed by atoms with Gasteiger partial charge < -0.3 is 10.2 Å². The molecule has 0 saturated carbocycles. The summed E-state index contributed by atoms with van der Waals surface area (Å²) in [5.41, 5.74) is -2.24. The Kier molecular flexibility index (Phi) is 26.2. The molecule has 0 aliphatic heterocycles. The summed E-state index contributed by atoms with van der Waals surface area (Å²) in [4.78, 5) is 28.0. The number of aromatic hydroxyl groups is 2. The number of benzene rings is 3. The van der Waals surface area contributed by atoms with Crippen LogP contribution in [-0.2, 0) is 20.0 Å². The van der Waals surface area contributed by atoms with Crippen molar-refractivity contribution >= 4 is 42.8 Å². The summed E-state index contributed by atoms with van der Waals surface area (Å²) in [6.07, 6.45) is 15.4. The van der Waals surface area contributed by atoms with Crippen LogP contribution in [0.4, 0.5) is 22.7 Å². The third-order valence-electron chi connectivity index (χ3n) is 16.2. The fourth-order valence-electron chi connectivity index (χ4n) is 10.5. The number of hydrogen-bond donors (Lipinski definition) is 2. The van der Waals surface area contributed by atoms with Gasteiger partial charge in [-0.15, -0.1) is 10.2 Å². The SMILES string of the molecule is CCCCC(CC)CN(CC(CC)CCCC)S(=O)(=O)c1ccc(/N=N/c2c(C)c(C#N)c(=O)n(-c3ccc(-n4c(O)c(/N=N/c5ccc(S(=O)(=O)N(CC(CC)CCCC)CC(CC)CCCC)cc5)c(C)c(C#N)c4=O)cc3)c2O)cc1. The molecule has 0 saturated heterocycles. The van der Waals surface area contributed by atoms with Crippen LogP contribution in [0.25, 0.3) is 11.4 Å². The molecule has 18 nitrogen and oxygen atoms in total. The van der Waals surface area contributed by atoms with E-state index in [9.17, 15) is 47.2 Å². The van der Waals surface area contributed by atoms with E-state index in [1.807, 2.05) is 12.1 Å². The second kappa shape index (κ2) is 32.4. The van der Waals surface area contributed by atoms with Crippen LogP contribution in [0.1, 0.15) is 180 Å². The maximum absolute atomic E-state index is 14.3. The average Bonchev–Trinajstić information content (AvgIpc) is 1.47. The molecule has 3 aromatic carbocycles. The Morgan fingerprint density at radius 3 is 0.976 bits per heavy atom. The minimum absolute atomic E-state index is 0.0327. The van der Waals surface area contributed by atoms with E-state index in [2.05, 4.69) is 75.8 Å². The van der Waals surface area contributed by atoms with Gasteiger partial charge in [-0.3, -0.25) is 9.59 Å². The van der Waals surface area contributed by atoms with Crippen molar-refractivity contribution in [2.75, 3.05) is 26.2 Å². The maximum atomic E-state index is 14.3. The molecule has 0 fully saturated rings. The van der Waals surface area contributed by atoms with E-state index in [1.165, 1.54) is 86.6 Å². The van der Waals surface area contributed by atoms with E-state index in [0.717, 1.165) is 112 Å². The molecule has 4 atom stereocenters. The van der Waals surface area contributed by atoms with E-state index < -0.39 is 42.9 Å². The second-order valence-corrected chi connectivity index (χ2v) is 25.9. The first kappa shape index (κ1) is 67.9. The summed E-state index contributed by atoms with van der Waals surface area (Å²) >= 11 is 0. The van der Waals surface area contributed by atoms with Crippen molar-refractivity contribution in [2.24, 2.45) is 44.1 Å². The molecule has 2 heterocycles. The number of azo groups is 2. The van der Waals surface area contributed by atoms with Crippen molar-refractivity contribution in [1.82, 2.24) is 17.7 Å². The van der Waals surface area contributed by atoms with Crippen molar-refractivity contribution in [3.63, 3.8) is 0 Å². The summed E-state index contributed by atoms with van der Waals surface area (Å²) in [6.45, 7) is 21.5. The molecule has 0 bridgehead atoms. The maximum Gasteiger partial charge on any atom is 0.276 e. The van der Waals surface area contributed by atoms with Crippen molar-refractivity contribution in [1.29, 1.82) is 10.5 Å². The zero-order valence-corrected chi connectivity index (χ0v) is 52.6. The lowest BCUT2D eigenvalue weighted by atomic mass is 9.97. The fourth-order valence-corrected chi connectivity index (χ4v) is 13.7. The Morgan fingerprint density at radius 2 is 0.738 bits per heavy atom. The molecular formula is C64H88N10O8S2. The fraction of sp³-hybridized carbons (Fsp3) is 0.531. The molecule has 0 radical (unpaired) electrons. The highest BCUT2D eigenvalue weighted by molar-refractivity contribution is 7.89. The van der Waals surface area contributed by atoms with E-state index >= 15 is 0 Å². The largest absolute Gasteiger partial charge is 0.493 e. The summed E-state index contributed by atoms with van der Waals surface area (Å²) < 4.78 is 62.4. The number of aromatic nitrogens is 2. The highest BCUT2D eigenvalue weighted by Gasteiger charge is 2.31. The molecule has 0 amide bonds. The summed E-state index contributed by atoms with van der Waals surface area (Å²) in [7, 11) is -7.80. The van der Waals surface area contributed by atoms with Gasteiger partial charge in [0.05, 0.1) is 32.5 Å². The molecule has 5 aromatic rings. The molecule has 20 heteroatoms. The topological polar surface area (TPSA) is 256 Å². The molecule has 2 N–H and O–H groups in total. The minimum atomic E-state index is -3.90. The number of pyridine rings is 2. The summed E-state index contributed by atoms with van der Waals surface area (Å²) in [6, 6.07) is 21.1. The lowest BCUT2D eigenvalue weighted by Crippen LogP contribution is -2.39. The first-order valence-corrected chi connectivity index (χ1v) is 33.0. The number of nitrogens with zero attached hydrogens (tertiary/aromatic N) is 10. The predicted molar refractivity (Wildman–Crippen MR) is 332 cm³/mol. The molecule has 0 spiro atoms. The third kappa shape index (κ3) is 16.7. The Morgan fingerprint density at radius 1 is 0.464 bits per heavy atom. The van der Waals surface area contributed by atoms with Gasteiger partial charge in [0.15, 0.2) is 11.4 Å². The first-order chi connectivity index (χ1) is 40.2. The van der Waals surface area contributed by atoms with Crippen LogP contribution < -0.4 is 11.1 Å². The molecular weight excluding hydrogens is 1100 g/mol. The van der Waals surface area contributed by atoms with Crippen LogP contribution in [0.3, 0.4) is 0 Å². The molecule has 5 rings (SSSR count). The summed E-state index contributed by atoms with van der Waals surface area (Å²) in [5.74, 6) is -0.458. The van der Waals surface area contributed by atoms with Crippen molar-refractivity contribution in [2.45, 2.75) is 182 Å². The monoisotopic (exact) mass is 1190 g/mol. The first-order valence-electron chi connectivity index (χ1n) is 30.2. The predicted octanol–water partition coefficient (Wildman–Crippen LogP) is 15.4. The summed E-state index contributed by atoms with van der Waals surface area (Å²) in [5, 5.41) is 60.9. The van der Waals surface area contributed by atoms with Crippen LogP contribution in [0.15, 0.2) is 113 Å². The standard InChI is InChI=1S/C64H88N10O8S2/c1-11-19-23-47(15-5)41-71(42-48(16-6)24-20-12-2)83(79,80)55-35-27-51(28-36-55)67-69-59-45(9)57(39-65)61(75)73(63(59)77)53-31-33-54(34-32-53)74-62(76)58(40-66)46(10)60(64(74)78)70-68-52-29-37-56(38-30-52)84(81,82)72(43-49(17-7)25-21-13-3)44-50(18-8)26-22-14-4/h27-38,47-50,77-78H,11-26,41-44H2,1-10H3/b69-67+,70-68+. The molecule has 454 valence electrons. The Hall–Kier alpha value is -6.84. The van der Waals surface area contributed by atoms with Gasteiger partial charge in [-0.2, -0.15) is 29.4 Å². The van der Waals surface area contributed by atoms with Crippen LogP contribution in [0, 0.1) is 60.2 Å². The molecule has 4 unspecified atom stereocenters. The zero-order valence-electron chi connectivity index (χ0n) is 51.0. The zero-order chi connectivity index (χ0) is 61.7. The number of rotatable bonds is 34. The van der Waals surface area contributed by atoms with Gasteiger partial charge in [0.25, 0.3) is 11.1 Å². The average molecular weight is 1190 g/mol. The number of nitriles is 2. The van der Waals surface area contributed by atoms with Gasteiger partial charge in [-0.25, -0.2) is 26.0 Å². The Bertz CT molecular complexity index is 3210. The molecule has 0 aliphatic rings. The van der Waals surface area contributed by atoms with E-state index in [0.29, 0.717) is 26.2 Å². The highest BCUT2D eigenvalue weighted by Crippen LogP contribution is 2.37. The van der Waals surface area contributed by atoms with Gasteiger partial charge >= 0.3 is 0 Å². The molecule has 0 aliphatic carbocycles.